The van der Waals surface area contributed by atoms with Gasteiger partial charge in [-0.05, 0) is 18.4 Å². The van der Waals surface area contributed by atoms with Crippen molar-refractivity contribution in [1.29, 1.82) is 0 Å². The van der Waals surface area contributed by atoms with Gasteiger partial charge in [0.15, 0.2) is 0 Å². The monoisotopic (exact) mass is 244 g/mol. The quantitative estimate of drug-likeness (QED) is 0.764. The average Bonchev–Trinajstić information content (AvgIpc) is 3.07. The number of imidazole rings is 1. The van der Waals surface area contributed by atoms with Gasteiger partial charge in [-0.3, -0.25) is 4.79 Å². The lowest BCUT2D eigenvalue weighted by atomic mass is 9.90. The van der Waals surface area contributed by atoms with Crippen molar-refractivity contribution in [3.05, 3.63) is 46.5 Å². The molecule has 1 aliphatic carbocycles. The van der Waals surface area contributed by atoms with Crippen molar-refractivity contribution in [3.63, 3.8) is 0 Å². The molecule has 18 heavy (non-hydrogen) atoms. The predicted molar refractivity (Wildman–Crippen MR) is 65.4 cm³/mol. The number of H-pyrrole nitrogens is 2. The van der Waals surface area contributed by atoms with E-state index in [1.54, 1.807) is 6.20 Å². The first kappa shape index (κ1) is 10.8. The summed E-state index contributed by atoms with van der Waals surface area (Å²) in [5.74, 6) is -0.798. The van der Waals surface area contributed by atoms with E-state index in [0.717, 1.165) is 11.1 Å². The Morgan fingerprint density at radius 2 is 2.00 bits per heavy atom. The molecule has 1 aromatic carbocycles. The second kappa shape index (κ2) is 3.60. The van der Waals surface area contributed by atoms with Crippen molar-refractivity contribution in [2.75, 3.05) is 0 Å². The van der Waals surface area contributed by atoms with Crippen LogP contribution in [0.3, 0.4) is 0 Å². The van der Waals surface area contributed by atoms with E-state index >= 15 is 0 Å². The zero-order chi connectivity index (χ0) is 12.8. The lowest BCUT2D eigenvalue weighted by Crippen LogP contribution is -2.20. The second-order valence-electron chi connectivity index (χ2n) is 4.59. The first-order valence-corrected chi connectivity index (χ1v) is 5.74. The number of aromatic amines is 2. The number of benzene rings is 1. The van der Waals surface area contributed by atoms with Gasteiger partial charge in [0.05, 0.1) is 11.1 Å². The van der Waals surface area contributed by atoms with E-state index in [2.05, 4.69) is 9.97 Å². The van der Waals surface area contributed by atoms with Crippen LogP contribution in [-0.4, -0.2) is 21.0 Å². The van der Waals surface area contributed by atoms with Crippen LogP contribution in [-0.2, 0) is 10.2 Å². The fraction of sp³-hybridized carbons (Fsp3) is 0.231. The van der Waals surface area contributed by atoms with E-state index in [1.165, 1.54) is 0 Å². The SMILES string of the molecule is O=C(O)C1(c2ccccc2-c2c[nH]c(=O)[nH]2)CC1. The Bertz CT molecular complexity index is 665. The van der Waals surface area contributed by atoms with E-state index < -0.39 is 11.4 Å². The maximum Gasteiger partial charge on any atom is 0.323 e. The molecule has 3 N–H and O–H groups in total. The molecular weight excluding hydrogens is 232 g/mol. The molecule has 1 fully saturated rings. The molecule has 0 amide bonds. The van der Waals surface area contributed by atoms with Crippen molar-refractivity contribution >= 4 is 5.97 Å². The number of carboxylic acids is 1. The highest BCUT2D eigenvalue weighted by molar-refractivity contribution is 5.88. The Labute approximate surface area is 102 Å². The zero-order valence-corrected chi connectivity index (χ0v) is 9.56. The van der Waals surface area contributed by atoms with Crippen LogP contribution in [0.1, 0.15) is 18.4 Å². The number of carbonyl (C=O) groups is 1. The third kappa shape index (κ3) is 1.48. The van der Waals surface area contributed by atoms with Crippen LogP contribution in [0.2, 0.25) is 0 Å². The highest BCUT2D eigenvalue weighted by Gasteiger charge is 2.52. The molecule has 0 radical (unpaired) electrons. The number of aliphatic carboxylic acids is 1. The average molecular weight is 244 g/mol. The summed E-state index contributed by atoms with van der Waals surface area (Å²) in [6.45, 7) is 0. The van der Waals surface area contributed by atoms with Gasteiger partial charge in [0.2, 0.25) is 0 Å². The maximum absolute atomic E-state index is 11.4. The maximum atomic E-state index is 11.4. The molecule has 0 aliphatic heterocycles. The zero-order valence-electron chi connectivity index (χ0n) is 9.56. The minimum absolute atomic E-state index is 0.292. The summed E-state index contributed by atoms with van der Waals surface area (Å²) in [6.07, 6.45) is 2.86. The molecule has 1 saturated carbocycles. The minimum atomic E-state index is -0.798. The molecule has 5 heteroatoms. The number of carboxylic acid groups (broad SMARTS) is 1. The number of aromatic nitrogens is 2. The fourth-order valence-corrected chi connectivity index (χ4v) is 2.34. The lowest BCUT2D eigenvalue weighted by Gasteiger charge is -2.14. The summed E-state index contributed by atoms with van der Waals surface area (Å²) in [5, 5.41) is 9.35. The largest absolute Gasteiger partial charge is 0.481 e. The molecule has 1 heterocycles. The number of nitrogens with one attached hydrogen (secondary N) is 2. The number of rotatable bonds is 3. The van der Waals surface area contributed by atoms with Gasteiger partial charge in [-0.1, -0.05) is 24.3 Å². The first-order chi connectivity index (χ1) is 8.63. The van der Waals surface area contributed by atoms with Crippen molar-refractivity contribution in [2.24, 2.45) is 0 Å². The molecule has 1 aromatic heterocycles. The highest BCUT2D eigenvalue weighted by atomic mass is 16.4. The van der Waals surface area contributed by atoms with Crippen LogP contribution in [0.15, 0.2) is 35.3 Å². The molecule has 0 bridgehead atoms. The predicted octanol–water partition coefficient (Wildman–Crippen LogP) is 1.49. The van der Waals surface area contributed by atoms with Gasteiger partial charge in [-0.25, -0.2) is 4.79 Å². The summed E-state index contributed by atoms with van der Waals surface area (Å²) in [4.78, 5) is 27.7. The van der Waals surface area contributed by atoms with E-state index in [4.69, 9.17) is 0 Å². The Morgan fingerprint density at radius 1 is 1.28 bits per heavy atom. The summed E-state index contributed by atoms with van der Waals surface area (Å²) in [6, 6.07) is 7.31. The van der Waals surface area contributed by atoms with Gasteiger partial charge in [-0.2, -0.15) is 0 Å². The Balaban J connectivity index is 2.17. The summed E-state index contributed by atoms with van der Waals surface area (Å²) >= 11 is 0. The molecule has 2 aromatic rings. The Hall–Kier alpha value is -2.30. The molecule has 92 valence electrons. The van der Waals surface area contributed by atoms with Gasteiger partial charge in [0, 0.05) is 11.8 Å². The van der Waals surface area contributed by atoms with Crippen LogP contribution >= 0.6 is 0 Å². The summed E-state index contributed by atoms with van der Waals surface area (Å²) < 4.78 is 0. The van der Waals surface area contributed by atoms with E-state index in [-0.39, 0.29) is 5.69 Å². The number of hydrogen-bond acceptors (Lipinski definition) is 2. The summed E-state index contributed by atoms with van der Waals surface area (Å²) in [5.41, 5.74) is 1.11. The summed E-state index contributed by atoms with van der Waals surface area (Å²) in [7, 11) is 0. The Kier molecular flexibility index (Phi) is 2.16. The van der Waals surface area contributed by atoms with Crippen molar-refractivity contribution in [2.45, 2.75) is 18.3 Å². The van der Waals surface area contributed by atoms with Gasteiger partial charge in [0.25, 0.3) is 0 Å². The molecular formula is C13H12N2O3. The molecule has 5 nitrogen and oxygen atoms in total. The lowest BCUT2D eigenvalue weighted by molar-refractivity contribution is -0.140. The third-order valence-corrected chi connectivity index (χ3v) is 3.49. The van der Waals surface area contributed by atoms with Crippen molar-refractivity contribution < 1.29 is 9.90 Å². The van der Waals surface area contributed by atoms with Crippen LogP contribution in [0.25, 0.3) is 11.3 Å². The van der Waals surface area contributed by atoms with Crippen LogP contribution in [0.5, 0.6) is 0 Å². The van der Waals surface area contributed by atoms with E-state index in [9.17, 15) is 14.7 Å². The Morgan fingerprint density at radius 3 is 2.56 bits per heavy atom. The first-order valence-electron chi connectivity index (χ1n) is 5.74. The highest BCUT2D eigenvalue weighted by Crippen LogP contribution is 2.51. The fourth-order valence-electron chi connectivity index (χ4n) is 2.34. The minimum Gasteiger partial charge on any atom is -0.481 e. The van der Waals surface area contributed by atoms with Crippen molar-refractivity contribution in [3.8, 4) is 11.3 Å². The second-order valence-corrected chi connectivity index (χ2v) is 4.59. The van der Waals surface area contributed by atoms with Gasteiger partial charge >= 0.3 is 11.7 Å². The smallest absolute Gasteiger partial charge is 0.323 e. The van der Waals surface area contributed by atoms with Crippen molar-refractivity contribution in [1.82, 2.24) is 9.97 Å². The third-order valence-electron chi connectivity index (χ3n) is 3.49. The van der Waals surface area contributed by atoms with E-state index in [1.807, 2.05) is 24.3 Å². The molecule has 0 spiro atoms. The van der Waals surface area contributed by atoms with Crippen LogP contribution < -0.4 is 5.69 Å². The normalized spacial score (nSPS) is 16.4. The standard InChI is InChI=1S/C13H12N2O3/c16-11(17)13(5-6-13)9-4-2-1-3-8(9)10-7-14-12(18)15-10/h1-4,7H,5-6H2,(H,16,17)(H2,14,15,18). The van der Waals surface area contributed by atoms with Gasteiger partial charge in [0.1, 0.15) is 0 Å². The molecule has 3 rings (SSSR count). The van der Waals surface area contributed by atoms with Gasteiger partial charge < -0.3 is 15.1 Å². The van der Waals surface area contributed by atoms with Crippen LogP contribution in [0.4, 0.5) is 0 Å². The number of hydrogen-bond donors (Lipinski definition) is 3. The molecule has 0 saturated heterocycles. The molecule has 0 unspecified atom stereocenters. The topological polar surface area (TPSA) is 85.9 Å². The molecule has 0 atom stereocenters. The molecule has 1 aliphatic rings. The van der Waals surface area contributed by atoms with E-state index in [0.29, 0.717) is 18.5 Å². The van der Waals surface area contributed by atoms with Gasteiger partial charge in [-0.15, -0.1) is 0 Å². The van der Waals surface area contributed by atoms with Crippen LogP contribution in [0, 0.1) is 0 Å².